The lowest BCUT2D eigenvalue weighted by Crippen LogP contribution is -2.21. The second-order valence-electron chi connectivity index (χ2n) is 3.00. The molecule has 0 saturated carbocycles. The average molecular weight is 184 g/mol. The number of hydrogen-bond donors (Lipinski definition) is 1. The zero-order chi connectivity index (χ0) is 8.97. The highest BCUT2D eigenvalue weighted by atomic mass is 35.5. The molecule has 0 unspecified atom stereocenters. The average Bonchev–Trinajstić information content (AvgIpc) is 2.04. The van der Waals surface area contributed by atoms with Crippen molar-refractivity contribution in [1.29, 1.82) is 0 Å². The molecule has 0 saturated heterocycles. The van der Waals surface area contributed by atoms with Gasteiger partial charge in [0.15, 0.2) is 0 Å². The Kier molecular flexibility index (Phi) is 3.57. The molecule has 1 rings (SSSR count). The fourth-order valence-corrected chi connectivity index (χ4v) is 1.32. The van der Waals surface area contributed by atoms with Gasteiger partial charge in [-0.05, 0) is 30.5 Å². The molecule has 1 aromatic rings. The lowest BCUT2D eigenvalue weighted by Gasteiger charge is -2.08. The summed E-state index contributed by atoms with van der Waals surface area (Å²) in [5.74, 6) is 0. The predicted molar refractivity (Wildman–Crippen MR) is 53.4 cm³/mol. The van der Waals surface area contributed by atoms with Gasteiger partial charge < -0.3 is 5.73 Å². The van der Waals surface area contributed by atoms with Crippen molar-refractivity contribution >= 4 is 11.6 Å². The lowest BCUT2D eigenvalue weighted by molar-refractivity contribution is 0.646. The van der Waals surface area contributed by atoms with Crippen molar-refractivity contribution < 1.29 is 0 Å². The van der Waals surface area contributed by atoms with Crippen LogP contribution in [0.1, 0.15) is 18.9 Å². The molecule has 0 heterocycles. The van der Waals surface area contributed by atoms with Gasteiger partial charge in [0.1, 0.15) is 0 Å². The van der Waals surface area contributed by atoms with Crippen LogP contribution < -0.4 is 5.73 Å². The first-order chi connectivity index (χ1) is 5.72. The minimum absolute atomic E-state index is 0.253. The highest BCUT2D eigenvalue weighted by Gasteiger charge is 2.00. The van der Waals surface area contributed by atoms with Crippen LogP contribution in [0.5, 0.6) is 0 Å². The molecular weight excluding hydrogens is 170 g/mol. The maximum absolute atomic E-state index is 5.83. The molecule has 0 spiro atoms. The van der Waals surface area contributed by atoms with E-state index in [0.717, 1.165) is 17.9 Å². The summed E-state index contributed by atoms with van der Waals surface area (Å²) in [6.07, 6.45) is 1.92. The van der Waals surface area contributed by atoms with Gasteiger partial charge in [0.25, 0.3) is 0 Å². The van der Waals surface area contributed by atoms with Crippen molar-refractivity contribution in [2.75, 3.05) is 0 Å². The Morgan fingerprint density at radius 2 is 2.25 bits per heavy atom. The predicted octanol–water partition coefficient (Wildman–Crippen LogP) is 2.62. The fourth-order valence-electron chi connectivity index (χ4n) is 1.11. The molecule has 0 aromatic heterocycles. The molecule has 0 bridgehead atoms. The third-order valence-electron chi connectivity index (χ3n) is 1.91. The maximum atomic E-state index is 5.83. The van der Waals surface area contributed by atoms with Crippen molar-refractivity contribution in [2.24, 2.45) is 5.73 Å². The normalized spacial score (nSPS) is 12.9. The summed E-state index contributed by atoms with van der Waals surface area (Å²) in [5.41, 5.74) is 7.03. The van der Waals surface area contributed by atoms with Gasteiger partial charge in [-0.25, -0.2) is 0 Å². The van der Waals surface area contributed by atoms with Crippen LogP contribution in [0.4, 0.5) is 0 Å². The molecule has 1 aromatic carbocycles. The van der Waals surface area contributed by atoms with Crippen LogP contribution in [-0.4, -0.2) is 6.04 Å². The molecule has 1 atom stereocenters. The van der Waals surface area contributed by atoms with Crippen LogP contribution in [0.15, 0.2) is 24.3 Å². The van der Waals surface area contributed by atoms with Crippen LogP contribution in [0, 0.1) is 0 Å². The zero-order valence-corrected chi connectivity index (χ0v) is 8.01. The van der Waals surface area contributed by atoms with E-state index in [0.29, 0.717) is 0 Å². The van der Waals surface area contributed by atoms with E-state index in [2.05, 4.69) is 13.0 Å². The minimum atomic E-state index is 0.253. The monoisotopic (exact) mass is 183 g/mol. The van der Waals surface area contributed by atoms with Crippen molar-refractivity contribution in [3.05, 3.63) is 34.9 Å². The van der Waals surface area contributed by atoms with E-state index < -0.39 is 0 Å². The fraction of sp³-hybridized carbons (Fsp3) is 0.400. The Balaban J connectivity index is 2.63. The third-order valence-corrected chi connectivity index (χ3v) is 2.15. The third kappa shape index (κ3) is 2.84. The van der Waals surface area contributed by atoms with Crippen molar-refractivity contribution in [1.82, 2.24) is 0 Å². The number of halogens is 1. The number of hydrogen-bond acceptors (Lipinski definition) is 1. The van der Waals surface area contributed by atoms with Crippen molar-refractivity contribution in [3.63, 3.8) is 0 Å². The number of rotatable bonds is 3. The van der Waals surface area contributed by atoms with E-state index in [1.54, 1.807) is 0 Å². The molecule has 0 fully saturated rings. The Labute approximate surface area is 78.5 Å². The van der Waals surface area contributed by atoms with Gasteiger partial charge in [-0.2, -0.15) is 0 Å². The second kappa shape index (κ2) is 4.48. The van der Waals surface area contributed by atoms with Crippen molar-refractivity contribution in [3.8, 4) is 0 Å². The maximum Gasteiger partial charge on any atom is 0.0408 e. The first kappa shape index (κ1) is 9.56. The molecule has 0 aliphatic heterocycles. The standard InChI is InChI=1S/C10H14ClN/c1-2-10(12)7-8-4-3-5-9(11)6-8/h3-6,10H,2,7,12H2,1H3/t10-/m0/s1. The number of nitrogens with two attached hydrogens (primary N) is 1. The summed E-state index contributed by atoms with van der Waals surface area (Å²) in [7, 11) is 0. The van der Waals surface area contributed by atoms with Gasteiger partial charge in [-0.15, -0.1) is 0 Å². The first-order valence-corrected chi connectivity index (χ1v) is 4.60. The van der Waals surface area contributed by atoms with Crippen molar-refractivity contribution in [2.45, 2.75) is 25.8 Å². The molecule has 0 radical (unpaired) electrons. The van der Waals surface area contributed by atoms with Gasteiger partial charge in [0.05, 0.1) is 0 Å². The molecule has 0 aliphatic carbocycles. The largest absolute Gasteiger partial charge is 0.327 e. The van der Waals surface area contributed by atoms with Crippen LogP contribution in [0.25, 0.3) is 0 Å². The van der Waals surface area contributed by atoms with Crippen LogP contribution in [0.2, 0.25) is 5.02 Å². The lowest BCUT2D eigenvalue weighted by atomic mass is 10.1. The Hall–Kier alpha value is -0.530. The highest BCUT2D eigenvalue weighted by Crippen LogP contribution is 2.12. The van der Waals surface area contributed by atoms with E-state index in [1.165, 1.54) is 5.56 Å². The molecule has 0 amide bonds. The molecule has 2 N–H and O–H groups in total. The van der Waals surface area contributed by atoms with E-state index in [1.807, 2.05) is 18.2 Å². The number of benzene rings is 1. The van der Waals surface area contributed by atoms with Gasteiger partial charge in [0, 0.05) is 11.1 Å². The van der Waals surface area contributed by atoms with E-state index in [4.69, 9.17) is 17.3 Å². The molecule has 12 heavy (non-hydrogen) atoms. The Morgan fingerprint density at radius 3 is 2.83 bits per heavy atom. The van der Waals surface area contributed by atoms with Crippen LogP contribution in [-0.2, 0) is 6.42 Å². The first-order valence-electron chi connectivity index (χ1n) is 4.22. The van der Waals surface area contributed by atoms with E-state index in [-0.39, 0.29) is 6.04 Å². The zero-order valence-electron chi connectivity index (χ0n) is 7.26. The Morgan fingerprint density at radius 1 is 1.50 bits per heavy atom. The Bertz CT molecular complexity index is 247. The molecular formula is C10H14ClN. The van der Waals surface area contributed by atoms with Crippen LogP contribution >= 0.6 is 11.6 Å². The summed E-state index contributed by atoms with van der Waals surface area (Å²) >= 11 is 5.83. The van der Waals surface area contributed by atoms with Crippen LogP contribution in [0.3, 0.4) is 0 Å². The second-order valence-corrected chi connectivity index (χ2v) is 3.44. The van der Waals surface area contributed by atoms with E-state index >= 15 is 0 Å². The van der Waals surface area contributed by atoms with Gasteiger partial charge >= 0.3 is 0 Å². The van der Waals surface area contributed by atoms with Gasteiger partial charge in [-0.3, -0.25) is 0 Å². The summed E-state index contributed by atoms with van der Waals surface area (Å²) in [5, 5.41) is 0.788. The molecule has 2 heteroatoms. The van der Waals surface area contributed by atoms with Gasteiger partial charge in [-0.1, -0.05) is 30.7 Å². The molecule has 1 nitrogen and oxygen atoms in total. The smallest absolute Gasteiger partial charge is 0.0408 e. The quantitative estimate of drug-likeness (QED) is 0.766. The SMILES string of the molecule is CC[C@H](N)Cc1cccc(Cl)c1. The minimum Gasteiger partial charge on any atom is -0.327 e. The highest BCUT2D eigenvalue weighted by molar-refractivity contribution is 6.30. The van der Waals surface area contributed by atoms with Gasteiger partial charge in [0.2, 0.25) is 0 Å². The molecule has 66 valence electrons. The van der Waals surface area contributed by atoms with E-state index in [9.17, 15) is 0 Å². The summed E-state index contributed by atoms with van der Waals surface area (Å²) in [4.78, 5) is 0. The molecule has 0 aliphatic rings. The summed E-state index contributed by atoms with van der Waals surface area (Å²) in [6.45, 7) is 2.09. The summed E-state index contributed by atoms with van der Waals surface area (Å²) < 4.78 is 0. The topological polar surface area (TPSA) is 26.0 Å². The summed E-state index contributed by atoms with van der Waals surface area (Å²) in [6, 6.07) is 8.12.